The summed E-state index contributed by atoms with van der Waals surface area (Å²) in [5.74, 6) is 0.863. The minimum absolute atomic E-state index is 0. The number of rotatable bonds is 10. The lowest BCUT2D eigenvalue weighted by atomic mass is 9.79. The number of halogens is 1. The van der Waals surface area contributed by atoms with Crippen molar-refractivity contribution in [2.45, 2.75) is 66.3 Å². The van der Waals surface area contributed by atoms with Crippen LogP contribution in [0.5, 0.6) is 0 Å². The molecule has 140 valence electrons. The molecule has 0 aliphatic rings. The second-order valence-corrected chi connectivity index (χ2v) is 6.98. The van der Waals surface area contributed by atoms with Crippen LogP contribution in [0.3, 0.4) is 0 Å². The molecule has 0 saturated heterocycles. The number of guanidine groups is 1. The van der Waals surface area contributed by atoms with Crippen LogP contribution in [0.2, 0.25) is 0 Å². The van der Waals surface area contributed by atoms with Gasteiger partial charge in [-0.1, -0.05) is 13.8 Å². The summed E-state index contributed by atoms with van der Waals surface area (Å²) in [5, 5.41) is 19.4. The van der Waals surface area contributed by atoms with Crippen molar-refractivity contribution < 1.29 is 5.11 Å². The molecule has 4 N–H and O–H groups in total. The number of hydrogen-bond donors (Lipinski definition) is 4. The summed E-state index contributed by atoms with van der Waals surface area (Å²) in [6.45, 7) is 16.5. The Balaban J connectivity index is 0. The standard InChI is InChI=1S/C17H38N4O.HI/c1-7-17(8-2,10-13-22)14-20-15(18-9-3)19-11-12-21-16(4,5)6;/h21-22H,7-14H2,1-6H3,(H2,18,19,20);1H. The summed E-state index contributed by atoms with van der Waals surface area (Å²) in [6.07, 6.45) is 2.89. The molecule has 0 amide bonds. The van der Waals surface area contributed by atoms with Crippen molar-refractivity contribution >= 4 is 29.9 Å². The van der Waals surface area contributed by atoms with Crippen molar-refractivity contribution in [3.8, 4) is 0 Å². The van der Waals surface area contributed by atoms with Gasteiger partial charge in [0.15, 0.2) is 5.96 Å². The van der Waals surface area contributed by atoms with Gasteiger partial charge >= 0.3 is 0 Å². The molecule has 23 heavy (non-hydrogen) atoms. The van der Waals surface area contributed by atoms with Gasteiger partial charge in [0.1, 0.15) is 0 Å². The van der Waals surface area contributed by atoms with E-state index in [1.54, 1.807) is 0 Å². The van der Waals surface area contributed by atoms with Gasteiger partial charge in [-0.3, -0.25) is 4.99 Å². The zero-order chi connectivity index (χ0) is 17.1. The third kappa shape index (κ3) is 12.0. The van der Waals surface area contributed by atoms with E-state index in [0.29, 0.717) is 0 Å². The number of aliphatic hydroxyl groups is 1. The Kier molecular flexibility index (Phi) is 14.5. The first kappa shape index (κ1) is 25.2. The Hall–Kier alpha value is -0.0800. The first-order valence-electron chi connectivity index (χ1n) is 8.70. The van der Waals surface area contributed by atoms with Gasteiger partial charge in [0.2, 0.25) is 0 Å². The highest BCUT2D eigenvalue weighted by atomic mass is 127. The summed E-state index contributed by atoms with van der Waals surface area (Å²) in [4.78, 5) is 4.74. The molecule has 0 heterocycles. The van der Waals surface area contributed by atoms with Gasteiger partial charge in [-0.25, -0.2) is 0 Å². The fourth-order valence-corrected chi connectivity index (χ4v) is 2.35. The highest BCUT2D eigenvalue weighted by Crippen LogP contribution is 2.30. The Morgan fingerprint density at radius 1 is 1.00 bits per heavy atom. The summed E-state index contributed by atoms with van der Waals surface area (Å²) >= 11 is 0. The second kappa shape index (κ2) is 13.2. The molecule has 0 rings (SSSR count). The normalized spacial score (nSPS) is 12.7. The van der Waals surface area contributed by atoms with Crippen LogP contribution in [0.25, 0.3) is 0 Å². The topological polar surface area (TPSA) is 68.7 Å². The molecule has 0 atom stereocenters. The predicted molar refractivity (Wildman–Crippen MR) is 112 cm³/mol. The molecule has 0 aromatic heterocycles. The van der Waals surface area contributed by atoms with Crippen LogP contribution in [0, 0.1) is 5.41 Å². The monoisotopic (exact) mass is 442 g/mol. The van der Waals surface area contributed by atoms with Crippen molar-refractivity contribution in [1.29, 1.82) is 0 Å². The van der Waals surface area contributed by atoms with E-state index in [2.05, 4.69) is 57.5 Å². The summed E-state index contributed by atoms with van der Waals surface area (Å²) in [7, 11) is 0. The number of nitrogens with one attached hydrogen (secondary N) is 3. The summed E-state index contributed by atoms with van der Waals surface area (Å²) in [5.41, 5.74) is 0.249. The van der Waals surface area contributed by atoms with E-state index in [4.69, 9.17) is 4.99 Å². The molecule has 0 bridgehead atoms. The van der Waals surface area contributed by atoms with Crippen molar-refractivity contribution in [2.75, 3.05) is 32.8 Å². The van der Waals surface area contributed by atoms with Crippen molar-refractivity contribution in [2.24, 2.45) is 10.4 Å². The van der Waals surface area contributed by atoms with Crippen LogP contribution in [0.1, 0.15) is 60.8 Å². The molecule has 0 aliphatic heterocycles. The number of aliphatic imine (C=N–C) groups is 1. The SMILES string of the molecule is CCNC(=NCC(CC)(CC)CCO)NCCNC(C)(C)C.I. The van der Waals surface area contributed by atoms with Gasteiger partial charge in [-0.15, -0.1) is 24.0 Å². The molecule has 0 saturated carbocycles. The van der Waals surface area contributed by atoms with E-state index in [9.17, 15) is 5.11 Å². The van der Waals surface area contributed by atoms with E-state index >= 15 is 0 Å². The minimum atomic E-state index is 0. The van der Waals surface area contributed by atoms with Gasteiger partial charge in [-0.2, -0.15) is 0 Å². The molecule has 0 fully saturated rings. The highest BCUT2D eigenvalue weighted by Gasteiger charge is 2.25. The first-order valence-corrected chi connectivity index (χ1v) is 8.70. The molecule has 0 aromatic carbocycles. The molecule has 0 unspecified atom stereocenters. The van der Waals surface area contributed by atoms with E-state index in [1.165, 1.54) is 0 Å². The molecule has 0 spiro atoms. The van der Waals surface area contributed by atoms with E-state index in [-0.39, 0.29) is 41.5 Å². The predicted octanol–water partition coefficient (Wildman–Crippen LogP) is 2.74. The van der Waals surface area contributed by atoms with Gasteiger partial charge < -0.3 is 21.1 Å². The number of hydrogen-bond acceptors (Lipinski definition) is 3. The molecule has 0 aromatic rings. The maximum Gasteiger partial charge on any atom is 0.191 e. The lowest BCUT2D eigenvalue weighted by Crippen LogP contribution is -2.45. The van der Waals surface area contributed by atoms with Crippen molar-refractivity contribution in [3.05, 3.63) is 0 Å². The molecule has 5 nitrogen and oxygen atoms in total. The number of aliphatic hydroxyl groups excluding tert-OH is 1. The highest BCUT2D eigenvalue weighted by molar-refractivity contribution is 14.0. The third-order valence-corrected chi connectivity index (χ3v) is 4.13. The van der Waals surface area contributed by atoms with Crippen LogP contribution in [-0.4, -0.2) is 49.4 Å². The van der Waals surface area contributed by atoms with Crippen molar-refractivity contribution in [1.82, 2.24) is 16.0 Å². The lowest BCUT2D eigenvalue weighted by molar-refractivity contribution is 0.175. The van der Waals surface area contributed by atoms with Gasteiger partial charge in [0.05, 0.1) is 0 Å². The van der Waals surface area contributed by atoms with Crippen LogP contribution in [-0.2, 0) is 0 Å². The van der Waals surface area contributed by atoms with Crippen LogP contribution in [0.15, 0.2) is 4.99 Å². The van der Waals surface area contributed by atoms with Gasteiger partial charge in [-0.05, 0) is 52.4 Å². The Morgan fingerprint density at radius 3 is 2.04 bits per heavy atom. The fourth-order valence-electron chi connectivity index (χ4n) is 2.35. The van der Waals surface area contributed by atoms with E-state index in [1.807, 2.05) is 0 Å². The largest absolute Gasteiger partial charge is 0.396 e. The third-order valence-electron chi connectivity index (χ3n) is 4.13. The Bertz CT molecular complexity index is 312. The zero-order valence-corrected chi connectivity index (χ0v) is 18.3. The van der Waals surface area contributed by atoms with Crippen LogP contribution in [0.4, 0.5) is 0 Å². The maximum atomic E-state index is 9.29. The van der Waals surface area contributed by atoms with Gasteiger partial charge in [0.25, 0.3) is 0 Å². The molecule has 6 heteroatoms. The second-order valence-electron chi connectivity index (χ2n) is 6.98. The Labute approximate surface area is 160 Å². The van der Waals surface area contributed by atoms with Crippen LogP contribution < -0.4 is 16.0 Å². The number of nitrogens with zero attached hydrogens (tertiary/aromatic N) is 1. The first-order chi connectivity index (χ1) is 10.3. The lowest BCUT2D eigenvalue weighted by Gasteiger charge is -2.29. The fraction of sp³-hybridized carbons (Fsp3) is 0.941. The van der Waals surface area contributed by atoms with Crippen LogP contribution >= 0.6 is 24.0 Å². The minimum Gasteiger partial charge on any atom is -0.396 e. The average Bonchev–Trinajstić information content (AvgIpc) is 2.46. The van der Waals surface area contributed by atoms with Crippen molar-refractivity contribution in [3.63, 3.8) is 0 Å². The summed E-state index contributed by atoms with van der Waals surface area (Å²) < 4.78 is 0. The smallest absolute Gasteiger partial charge is 0.191 e. The average molecular weight is 442 g/mol. The molecule has 0 aliphatic carbocycles. The van der Waals surface area contributed by atoms with E-state index in [0.717, 1.165) is 51.4 Å². The summed E-state index contributed by atoms with van der Waals surface area (Å²) in [6, 6.07) is 0. The van der Waals surface area contributed by atoms with E-state index < -0.39 is 0 Å². The molecular weight excluding hydrogens is 403 g/mol. The molecule has 0 radical (unpaired) electrons. The van der Waals surface area contributed by atoms with Gasteiger partial charge in [0, 0.05) is 38.3 Å². The maximum absolute atomic E-state index is 9.29. The molecular formula is C17H39IN4O. The quantitative estimate of drug-likeness (QED) is 0.182. The Morgan fingerprint density at radius 2 is 1.61 bits per heavy atom. The zero-order valence-electron chi connectivity index (χ0n) is 16.0.